The van der Waals surface area contributed by atoms with Crippen molar-refractivity contribution < 1.29 is 9.59 Å². The van der Waals surface area contributed by atoms with Gasteiger partial charge in [-0.2, -0.15) is 0 Å². The molecule has 0 saturated carbocycles. The van der Waals surface area contributed by atoms with E-state index in [1.165, 1.54) is 11.8 Å². The number of Topliss-reactive ketones (excluding diaryl/α,β-unsaturated/α-hetero) is 1. The van der Waals surface area contributed by atoms with Gasteiger partial charge < -0.3 is 5.32 Å². The van der Waals surface area contributed by atoms with Gasteiger partial charge in [0.2, 0.25) is 5.95 Å². The molecule has 0 spiro atoms. The number of rotatable bonds is 3. The van der Waals surface area contributed by atoms with E-state index in [0.29, 0.717) is 29.8 Å². The highest BCUT2D eigenvalue weighted by Crippen LogP contribution is 2.33. The molecule has 0 aliphatic heterocycles. The molecule has 1 aromatic heterocycles. The zero-order valence-corrected chi connectivity index (χ0v) is 18.0. The van der Waals surface area contributed by atoms with E-state index in [9.17, 15) is 9.59 Å². The van der Waals surface area contributed by atoms with E-state index < -0.39 is 6.03 Å². The minimum Gasteiger partial charge on any atom is -0.308 e. The van der Waals surface area contributed by atoms with E-state index in [1.807, 2.05) is 18.2 Å². The van der Waals surface area contributed by atoms with E-state index in [1.54, 1.807) is 12.1 Å². The monoisotopic (exact) mass is 414 g/mol. The predicted molar refractivity (Wildman–Crippen MR) is 122 cm³/mol. The van der Waals surface area contributed by atoms with Crippen molar-refractivity contribution >= 4 is 23.5 Å². The lowest BCUT2D eigenvalue weighted by Gasteiger charge is -2.25. The van der Waals surface area contributed by atoms with Crippen molar-refractivity contribution in [2.45, 2.75) is 44.9 Å². The summed E-state index contributed by atoms with van der Waals surface area (Å²) in [5.41, 5.74) is 4.36. The van der Waals surface area contributed by atoms with Gasteiger partial charge in [0.05, 0.1) is 11.3 Å². The van der Waals surface area contributed by atoms with E-state index in [-0.39, 0.29) is 23.1 Å². The Balaban J connectivity index is 1.50. The Morgan fingerprint density at radius 2 is 1.68 bits per heavy atom. The molecule has 0 bridgehead atoms. The van der Waals surface area contributed by atoms with Crippen LogP contribution in [0.1, 0.15) is 60.3 Å². The van der Waals surface area contributed by atoms with Crippen LogP contribution >= 0.6 is 0 Å². The quantitative estimate of drug-likeness (QED) is 0.607. The number of nitrogens with zero attached hydrogens (tertiary/aromatic N) is 2. The summed E-state index contributed by atoms with van der Waals surface area (Å²) < 4.78 is 0. The number of hydrogen-bond donors (Lipinski definition) is 2. The predicted octanol–water partition coefficient (Wildman–Crippen LogP) is 5.33. The van der Waals surface area contributed by atoms with Crippen LogP contribution in [0.2, 0.25) is 0 Å². The molecule has 3 aromatic rings. The number of carbonyl (C=O) groups is 2. The smallest absolute Gasteiger partial charge is 0.308 e. The number of para-hydroxylation sites is 1. The Bertz CT molecular complexity index is 1100. The summed E-state index contributed by atoms with van der Waals surface area (Å²) >= 11 is 0. The first kappa shape index (κ1) is 20.7. The highest BCUT2D eigenvalue weighted by atomic mass is 16.2. The summed E-state index contributed by atoms with van der Waals surface area (Å²) in [5, 5.41) is 5.38. The molecule has 1 aliphatic carbocycles. The topological polar surface area (TPSA) is 84.0 Å². The van der Waals surface area contributed by atoms with Gasteiger partial charge in [-0.25, -0.2) is 14.8 Å². The lowest BCUT2D eigenvalue weighted by atomic mass is 9.80. The lowest BCUT2D eigenvalue weighted by Crippen LogP contribution is -2.24. The van der Waals surface area contributed by atoms with E-state index in [0.717, 1.165) is 5.56 Å². The van der Waals surface area contributed by atoms with Crippen LogP contribution in [0, 0.1) is 0 Å². The Morgan fingerprint density at radius 3 is 2.35 bits per heavy atom. The number of carbonyl (C=O) groups excluding carboxylic acids is 2. The molecule has 2 N–H and O–H groups in total. The second-order valence-electron chi connectivity index (χ2n) is 8.90. The van der Waals surface area contributed by atoms with Crippen LogP contribution < -0.4 is 10.6 Å². The molecule has 31 heavy (non-hydrogen) atoms. The molecule has 2 aromatic carbocycles. The fourth-order valence-electron chi connectivity index (χ4n) is 3.78. The van der Waals surface area contributed by atoms with Gasteiger partial charge in [-0.3, -0.25) is 10.1 Å². The number of aromatic nitrogens is 2. The molecule has 0 unspecified atom stereocenters. The van der Waals surface area contributed by atoms with Crippen LogP contribution in [0.25, 0.3) is 0 Å². The first-order valence-electron chi connectivity index (χ1n) is 10.4. The minimum absolute atomic E-state index is 0.0337. The Labute approximate surface area is 182 Å². The summed E-state index contributed by atoms with van der Waals surface area (Å²) in [6, 6.07) is 17.2. The first-order chi connectivity index (χ1) is 14.8. The lowest BCUT2D eigenvalue weighted by molar-refractivity contribution is 0.0962. The van der Waals surface area contributed by atoms with Gasteiger partial charge >= 0.3 is 6.03 Å². The van der Waals surface area contributed by atoms with Gasteiger partial charge in [0, 0.05) is 18.3 Å². The molecular formula is C25H26N4O2. The van der Waals surface area contributed by atoms with Crippen molar-refractivity contribution in [1.29, 1.82) is 0 Å². The van der Waals surface area contributed by atoms with Gasteiger partial charge in [-0.05, 0) is 41.0 Å². The van der Waals surface area contributed by atoms with Crippen molar-refractivity contribution in [1.82, 2.24) is 9.97 Å². The maximum Gasteiger partial charge on any atom is 0.326 e. The van der Waals surface area contributed by atoms with Gasteiger partial charge in [0.15, 0.2) is 5.78 Å². The molecule has 2 amide bonds. The molecule has 1 aliphatic rings. The number of nitrogens with one attached hydrogen (secondary N) is 2. The normalized spacial score (nSPS) is 15.8. The second kappa shape index (κ2) is 8.30. The van der Waals surface area contributed by atoms with Crippen LogP contribution in [-0.4, -0.2) is 21.8 Å². The Kier molecular flexibility index (Phi) is 5.55. The summed E-state index contributed by atoms with van der Waals surface area (Å²) in [7, 11) is 0. The highest BCUT2D eigenvalue weighted by molar-refractivity contribution is 6.00. The van der Waals surface area contributed by atoms with E-state index >= 15 is 0 Å². The average molecular weight is 415 g/mol. The van der Waals surface area contributed by atoms with Crippen LogP contribution in [0.4, 0.5) is 16.4 Å². The Morgan fingerprint density at radius 1 is 0.968 bits per heavy atom. The third-order valence-corrected chi connectivity index (χ3v) is 5.54. The molecule has 1 heterocycles. The number of hydrogen-bond acceptors (Lipinski definition) is 4. The van der Waals surface area contributed by atoms with Gasteiger partial charge in [0.25, 0.3) is 0 Å². The van der Waals surface area contributed by atoms with Crippen molar-refractivity contribution in [2.24, 2.45) is 0 Å². The highest BCUT2D eigenvalue weighted by Gasteiger charge is 2.28. The van der Waals surface area contributed by atoms with E-state index in [2.05, 4.69) is 65.6 Å². The van der Waals surface area contributed by atoms with Crippen LogP contribution in [0.3, 0.4) is 0 Å². The third-order valence-electron chi connectivity index (χ3n) is 5.54. The molecule has 158 valence electrons. The summed E-state index contributed by atoms with van der Waals surface area (Å²) in [6.45, 7) is 6.55. The zero-order chi connectivity index (χ0) is 22.0. The average Bonchev–Trinajstić information content (AvgIpc) is 2.73. The molecule has 6 heteroatoms. The molecule has 0 saturated heterocycles. The summed E-state index contributed by atoms with van der Waals surface area (Å²) in [5.74, 6) is 0.282. The molecule has 0 radical (unpaired) electrons. The van der Waals surface area contributed by atoms with Crippen LogP contribution in [0.15, 0.2) is 60.8 Å². The van der Waals surface area contributed by atoms with Crippen molar-refractivity contribution in [2.75, 3.05) is 10.6 Å². The maximum atomic E-state index is 12.7. The number of ketones is 1. The molecule has 0 fully saturated rings. The van der Waals surface area contributed by atoms with Crippen molar-refractivity contribution in [3.8, 4) is 0 Å². The molecule has 1 atom stereocenters. The second-order valence-corrected chi connectivity index (χ2v) is 8.90. The molecular weight excluding hydrogens is 388 g/mol. The third kappa shape index (κ3) is 4.79. The fraction of sp³-hybridized carbons (Fsp3) is 0.280. The SMILES string of the molecule is CC(C)(C)c1ccc([C@H]2CC(=O)c3cnc(NC(=O)Nc4ccccc4)nc3C2)cc1. The fourth-order valence-corrected chi connectivity index (χ4v) is 3.78. The molecule has 6 nitrogen and oxygen atoms in total. The van der Waals surface area contributed by atoms with Gasteiger partial charge in [-0.15, -0.1) is 0 Å². The standard InChI is InChI=1S/C25H26N4O2/c1-25(2,3)18-11-9-16(10-12-18)17-13-21-20(22(30)14-17)15-26-23(28-21)29-24(31)27-19-7-5-4-6-8-19/h4-12,15,17H,13-14H2,1-3H3,(H2,26,27,28,29,31)/t17-/m1/s1. The number of urea groups is 1. The van der Waals surface area contributed by atoms with Gasteiger partial charge in [-0.1, -0.05) is 63.2 Å². The van der Waals surface area contributed by atoms with Gasteiger partial charge in [0.1, 0.15) is 0 Å². The largest absolute Gasteiger partial charge is 0.326 e. The number of amides is 2. The van der Waals surface area contributed by atoms with E-state index in [4.69, 9.17) is 0 Å². The first-order valence-corrected chi connectivity index (χ1v) is 10.4. The minimum atomic E-state index is -0.428. The number of fused-ring (bicyclic) bond motifs is 1. The van der Waals surface area contributed by atoms with Crippen LogP contribution in [0.5, 0.6) is 0 Å². The maximum absolute atomic E-state index is 12.7. The zero-order valence-electron chi connectivity index (χ0n) is 18.0. The molecule has 4 rings (SSSR count). The Hall–Kier alpha value is -3.54. The van der Waals surface area contributed by atoms with Crippen LogP contribution in [-0.2, 0) is 11.8 Å². The van der Waals surface area contributed by atoms with Crippen molar-refractivity contribution in [3.63, 3.8) is 0 Å². The summed E-state index contributed by atoms with van der Waals surface area (Å²) in [4.78, 5) is 33.6. The number of benzene rings is 2. The van der Waals surface area contributed by atoms with Crippen molar-refractivity contribution in [3.05, 3.63) is 83.2 Å². The summed E-state index contributed by atoms with van der Waals surface area (Å²) in [6.07, 6.45) is 2.58. The number of anilines is 2.